The van der Waals surface area contributed by atoms with Gasteiger partial charge < -0.3 is 5.32 Å². The van der Waals surface area contributed by atoms with E-state index in [1.807, 2.05) is 10.9 Å². The molecule has 1 aliphatic carbocycles. The molecule has 3 nitrogen and oxygen atoms in total. The van der Waals surface area contributed by atoms with Gasteiger partial charge in [-0.05, 0) is 42.5 Å². The smallest absolute Gasteiger partial charge is 0.0568 e. The van der Waals surface area contributed by atoms with Crippen molar-refractivity contribution in [3.63, 3.8) is 0 Å². The number of aryl methyl sites for hydroxylation is 2. The molecule has 0 saturated carbocycles. The highest BCUT2D eigenvalue weighted by Crippen LogP contribution is 2.34. The quantitative estimate of drug-likeness (QED) is 0.899. The maximum Gasteiger partial charge on any atom is 0.0568 e. The molecule has 3 rings (SSSR count). The minimum Gasteiger partial charge on any atom is -0.310 e. The van der Waals surface area contributed by atoms with E-state index in [4.69, 9.17) is 0 Å². The SMILES string of the molecule is CCCn1cc(-c2ccc3c(c2)CCC3NCC)cn1. The van der Waals surface area contributed by atoms with Gasteiger partial charge in [0, 0.05) is 24.3 Å². The lowest BCUT2D eigenvalue weighted by Crippen LogP contribution is -2.18. The molecular formula is C17H23N3. The van der Waals surface area contributed by atoms with Gasteiger partial charge in [-0.2, -0.15) is 5.10 Å². The average Bonchev–Trinajstić information content (AvgIpc) is 3.07. The van der Waals surface area contributed by atoms with E-state index in [9.17, 15) is 0 Å². The van der Waals surface area contributed by atoms with Crippen molar-refractivity contribution in [2.75, 3.05) is 6.54 Å². The highest BCUT2D eigenvalue weighted by atomic mass is 15.3. The van der Waals surface area contributed by atoms with Crippen molar-refractivity contribution in [2.45, 2.75) is 45.7 Å². The Morgan fingerprint density at radius 3 is 3.00 bits per heavy atom. The molecule has 1 unspecified atom stereocenters. The molecule has 106 valence electrons. The predicted molar refractivity (Wildman–Crippen MR) is 82.7 cm³/mol. The lowest BCUT2D eigenvalue weighted by Gasteiger charge is -2.12. The molecule has 0 spiro atoms. The van der Waals surface area contributed by atoms with E-state index < -0.39 is 0 Å². The second kappa shape index (κ2) is 5.80. The Bertz CT molecular complexity index is 586. The van der Waals surface area contributed by atoms with Crippen LogP contribution in [0, 0.1) is 0 Å². The maximum atomic E-state index is 4.42. The van der Waals surface area contributed by atoms with E-state index >= 15 is 0 Å². The van der Waals surface area contributed by atoms with Crippen LogP contribution in [0.25, 0.3) is 11.1 Å². The molecule has 0 bridgehead atoms. The molecule has 1 atom stereocenters. The maximum absolute atomic E-state index is 4.42. The first-order chi connectivity index (χ1) is 9.81. The molecule has 0 fully saturated rings. The fourth-order valence-corrected chi connectivity index (χ4v) is 3.12. The summed E-state index contributed by atoms with van der Waals surface area (Å²) in [5.41, 5.74) is 5.50. The molecule has 0 aliphatic heterocycles. The first-order valence-corrected chi connectivity index (χ1v) is 7.70. The molecule has 20 heavy (non-hydrogen) atoms. The summed E-state index contributed by atoms with van der Waals surface area (Å²) in [7, 11) is 0. The molecule has 2 aromatic rings. The molecular weight excluding hydrogens is 246 g/mol. The molecule has 0 radical (unpaired) electrons. The first kappa shape index (κ1) is 13.4. The van der Waals surface area contributed by atoms with Crippen LogP contribution >= 0.6 is 0 Å². The van der Waals surface area contributed by atoms with Gasteiger partial charge in [0.25, 0.3) is 0 Å². The summed E-state index contributed by atoms with van der Waals surface area (Å²) in [6.07, 6.45) is 7.66. The third kappa shape index (κ3) is 2.50. The largest absolute Gasteiger partial charge is 0.310 e. The topological polar surface area (TPSA) is 29.9 Å². The zero-order valence-corrected chi connectivity index (χ0v) is 12.4. The zero-order valence-electron chi connectivity index (χ0n) is 12.4. The summed E-state index contributed by atoms with van der Waals surface area (Å²) in [5, 5.41) is 7.99. The third-order valence-corrected chi connectivity index (χ3v) is 4.09. The minimum absolute atomic E-state index is 0.548. The second-order valence-electron chi connectivity index (χ2n) is 5.55. The van der Waals surface area contributed by atoms with E-state index in [1.165, 1.54) is 35.1 Å². The van der Waals surface area contributed by atoms with E-state index in [1.54, 1.807) is 0 Å². The monoisotopic (exact) mass is 269 g/mol. The fourth-order valence-electron chi connectivity index (χ4n) is 3.12. The van der Waals surface area contributed by atoms with Crippen molar-refractivity contribution in [2.24, 2.45) is 0 Å². The molecule has 1 heterocycles. The summed E-state index contributed by atoms with van der Waals surface area (Å²) in [6, 6.07) is 7.43. The van der Waals surface area contributed by atoms with Crippen molar-refractivity contribution in [1.29, 1.82) is 0 Å². The Morgan fingerprint density at radius 1 is 1.30 bits per heavy atom. The summed E-state index contributed by atoms with van der Waals surface area (Å²) >= 11 is 0. The Morgan fingerprint density at radius 2 is 2.20 bits per heavy atom. The first-order valence-electron chi connectivity index (χ1n) is 7.70. The van der Waals surface area contributed by atoms with Crippen LogP contribution in [0.4, 0.5) is 0 Å². The number of nitrogens with one attached hydrogen (secondary N) is 1. The predicted octanol–water partition coefficient (Wildman–Crippen LogP) is 3.56. The van der Waals surface area contributed by atoms with Gasteiger partial charge >= 0.3 is 0 Å². The lowest BCUT2D eigenvalue weighted by molar-refractivity contribution is 0.549. The van der Waals surface area contributed by atoms with Crippen molar-refractivity contribution in [3.05, 3.63) is 41.7 Å². The van der Waals surface area contributed by atoms with Gasteiger partial charge in [0.2, 0.25) is 0 Å². The Kier molecular flexibility index (Phi) is 3.88. The molecule has 3 heteroatoms. The standard InChI is InChI=1S/C17H23N3/c1-3-9-20-12-15(11-19-20)13-5-7-16-14(10-13)6-8-17(16)18-4-2/h5,7,10-12,17-18H,3-4,6,8-9H2,1-2H3. The number of aromatic nitrogens is 2. The third-order valence-electron chi connectivity index (χ3n) is 4.09. The van der Waals surface area contributed by atoms with Gasteiger partial charge in [0.15, 0.2) is 0 Å². The lowest BCUT2D eigenvalue weighted by atomic mass is 10.0. The van der Waals surface area contributed by atoms with E-state index in [0.29, 0.717) is 6.04 Å². The molecule has 1 N–H and O–H groups in total. The molecule has 0 saturated heterocycles. The molecule has 1 aromatic heterocycles. The van der Waals surface area contributed by atoms with E-state index in [2.05, 4.69) is 48.7 Å². The number of fused-ring (bicyclic) bond motifs is 1. The molecule has 1 aromatic carbocycles. The van der Waals surface area contributed by atoms with Gasteiger partial charge in [-0.3, -0.25) is 4.68 Å². The van der Waals surface area contributed by atoms with Crippen LogP contribution in [0.5, 0.6) is 0 Å². The number of nitrogens with zero attached hydrogens (tertiary/aromatic N) is 2. The second-order valence-corrected chi connectivity index (χ2v) is 5.55. The number of hydrogen-bond acceptors (Lipinski definition) is 2. The summed E-state index contributed by atoms with van der Waals surface area (Å²) in [6.45, 7) is 6.38. The van der Waals surface area contributed by atoms with Gasteiger partial charge in [0.05, 0.1) is 6.20 Å². The van der Waals surface area contributed by atoms with Crippen LogP contribution in [0.15, 0.2) is 30.6 Å². The average molecular weight is 269 g/mol. The Labute approximate surface area is 121 Å². The van der Waals surface area contributed by atoms with Gasteiger partial charge in [-0.25, -0.2) is 0 Å². The van der Waals surface area contributed by atoms with Crippen LogP contribution in [0.1, 0.15) is 43.9 Å². The van der Waals surface area contributed by atoms with Crippen molar-refractivity contribution >= 4 is 0 Å². The minimum atomic E-state index is 0.548. The van der Waals surface area contributed by atoms with Gasteiger partial charge in [-0.15, -0.1) is 0 Å². The van der Waals surface area contributed by atoms with E-state index in [-0.39, 0.29) is 0 Å². The van der Waals surface area contributed by atoms with Crippen LogP contribution in [0.2, 0.25) is 0 Å². The van der Waals surface area contributed by atoms with Gasteiger partial charge in [0.1, 0.15) is 0 Å². The van der Waals surface area contributed by atoms with Crippen molar-refractivity contribution in [3.8, 4) is 11.1 Å². The highest BCUT2D eigenvalue weighted by Gasteiger charge is 2.21. The van der Waals surface area contributed by atoms with Crippen molar-refractivity contribution < 1.29 is 0 Å². The van der Waals surface area contributed by atoms with Crippen LogP contribution < -0.4 is 5.32 Å². The van der Waals surface area contributed by atoms with Crippen LogP contribution in [-0.4, -0.2) is 16.3 Å². The number of benzene rings is 1. The van der Waals surface area contributed by atoms with Crippen LogP contribution in [-0.2, 0) is 13.0 Å². The fraction of sp³-hybridized carbons (Fsp3) is 0.471. The number of rotatable bonds is 5. The van der Waals surface area contributed by atoms with Crippen molar-refractivity contribution in [1.82, 2.24) is 15.1 Å². The molecule has 0 amide bonds. The summed E-state index contributed by atoms with van der Waals surface area (Å²) < 4.78 is 2.03. The van der Waals surface area contributed by atoms with E-state index in [0.717, 1.165) is 19.5 Å². The Balaban J connectivity index is 1.85. The van der Waals surface area contributed by atoms with Gasteiger partial charge in [-0.1, -0.05) is 32.0 Å². The van der Waals surface area contributed by atoms with Crippen LogP contribution in [0.3, 0.4) is 0 Å². The normalized spacial score (nSPS) is 17.4. The summed E-state index contributed by atoms with van der Waals surface area (Å²) in [4.78, 5) is 0. The molecule has 1 aliphatic rings. The highest BCUT2D eigenvalue weighted by molar-refractivity contribution is 5.64. The Hall–Kier alpha value is -1.61. The summed E-state index contributed by atoms with van der Waals surface area (Å²) in [5.74, 6) is 0. The number of hydrogen-bond donors (Lipinski definition) is 1. The zero-order chi connectivity index (χ0) is 13.9.